The van der Waals surface area contributed by atoms with E-state index in [2.05, 4.69) is 4.98 Å². The van der Waals surface area contributed by atoms with Crippen LogP contribution < -0.4 is 10.6 Å². The van der Waals surface area contributed by atoms with Gasteiger partial charge in [0, 0.05) is 11.3 Å². The first kappa shape index (κ1) is 14.0. The van der Waals surface area contributed by atoms with Crippen molar-refractivity contribution in [3.8, 4) is 0 Å². The second-order valence-electron chi connectivity index (χ2n) is 5.44. The Morgan fingerprint density at radius 2 is 1.87 bits per heavy atom. The Kier molecular flexibility index (Phi) is 3.02. The van der Waals surface area contributed by atoms with E-state index in [-0.39, 0.29) is 11.8 Å². The Morgan fingerprint density at radius 3 is 2.61 bits per heavy atom. The zero-order chi connectivity index (χ0) is 16.1. The Bertz CT molecular complexity index is 877. The van der Waals surface area contributed by atoms with Crippen LogP contribution in [-0.2, 0) is 9.59 Å². The van der Waals surface area contributed by atoms with Gasteiger partial charge in [0.05, 0.1) is 17.0 Å². The predicted molar refractivity (Wildman–Crippen MR) is 88.7 cm³/mol. The lowest BCUT2D eigenvalue weighted by molar-refractivity contribution is -0.120. The highest BCUT2D eigenvalue weighted by Gasteiger charge is 2.48. The van der Waals surface area contributed by atoms with Crippen molar-refractivity contribution >= 4 is 35.0 Å². The summed E-state index contributed by atoms with van der Waals surface area (Å²) in [4.78, 5) is 31.2. The van der Waals surface area contributed by atoms with E-state index in [4.69, 9.17) is 5.73 Å². The van der Waals surface area contributed by atoms with Crippen molar-refractivity contribution in [1.29, 1.82) is 0 Å². The summed E-state index contributed by atoms with van der Waals surface area (Å²) in [5.74, 6) is -0.611. The number of rotatable bonds is 1. The van der Waals surface area contributed by atoms with Gasteiger partial charge in [0.25, 0.3) is 11.8 Å². The molecule has 0 saturated carbocycles. The van der Waals surface area contributed by atoms with E-state index in [0.29, 0.717) is 22.0 Å². The molecule has 1 aromatic heterocycles. The minimum Gasteiger partial charge on any atom is -0.398 e. The maximum atomic E-state index is 12.8. The topological polar surface area (TPSA) is 76.3 Å². The Morgan fingerprint density at radius 1 is 1.13 bits per heavy atom. The van der Waals surface area contributed by atoms with Crippen LogP contribution in [0.4, 0.5) is 5.69 Å². The molecule has 2 aromatic rings. The van der Waals surface area contributed by atoms with Crippen LogP contribution in [0.25, 0.3) is 5.70 Å². The molecule has 0 bridgehead atoms. The molecule has 1 saturated heterocycles. The van der Waals surface area contributed by atoms with Gasteiger partial charge in [0.15, 0.2) is 0 Å². The maximum Gasteiger partial charge on any atom is 0.264 e. The first-order chi connectivity index (χ1) is 11.1. The van der Waals surface area contributed by atoms with Gasteiger partial charge < -0.3 is 5.73 Å². The average molecular weight is 323 g/mol. The first-order valence-corrected chi connectivity index (χ1v) is 8.03. The normalized spacial score (nSPS) is 19.9. The minimum absolute atomic E-state index is 0.266. The average Bonchev–Trinajstić information content (AvgIpc) is 2.79. The minimum atomic E-state index is -0.621. The molecule has 1 atom stereocenters. The summed E-state index contributed by atoms with van der Waals surface area (Å²) in [5.41, 5.74) is 9.06. The van der Waals surface area contributed by atoms with Crippen LogP contribution in [0.15, 0.2) is 53.1 Å². The number of anilines is 1. The molecule has 0 unspecified atom stereocenters. The zero-order valence-electron chi connectivity index (χ0n) is 12.3. The van der Waals surface area contributed by atoms with Crippen LogP contribution in [0.3, 0.4) is 0 Å². The Hall–Kier alpha value is -2.60. The third-order valence-electron chi connectivity index (χ3n) is 3.96. The molecule has 4 rings (SSSR count). The molecule has 5 nitrogen and oxygen atoms in total. The SMILES string of the molecule is Cc1ccc2c(n1)S[C@H]1C(=O)N(c3ccccc3)C(=O)C1=C2N. The highest BCUT2D eigenvalue weighted by atomic mass is 32.2. The number of imide groups is 1. The van der Waals surface area contributed by atoms with Gasteiger partial charge in [0.2, 0.25) is 0 Å². The van der Waals surface area contributed by atoms with Gasteiger partial charge in [-0.1, -0.05) is 30.0 Å². The second kappa shape index (κ2) is 4.96. The third kappa shape index (κ3) is 1.98. The smallest absolute Gasteiger partial charge is 0.264 e. The third-order valence-corrected chi connectivity index (χ3v) is 5.17. The molecule has 0 aliphatic carbocycles. The number of carbonyl (C=O) groups excluding carboxylic acids is 2. The predicted octanol–water partition coefficient (Wildman–Crippen LogP) is 2.11. The lowest BCUT2D eigenvalue weighted by atomic mass is 10.1. The molecule has 6 heteroatoms. The summed E-state index contributed by atoms with van der Waals surface area (Å²) in [5, 5.41) is 0.0804. The van der Waals surface area contributed by atoms with E-state index in [1.807, 2.05) is 25.1 Å². The first-order valence-electron chi connectivity index (χ1n) is 7.15. The largest absolute Gasteiger partial charge is 0.398 e. The van der Waals surface area contributed by atoms with E-state index in [1.165, 1.54) is 16.7 Å². The van der Waals surface area contributed by atoms with Crippen LogP contribution >= 0.6 is 11.8 Å². The van der Waals surface area contributed by atoms with Gasteiger partial charge in [-0.15, -0.1) is 0 Å². The number of hydrogen-bond donors (Lipinski definition) is 1. The number of carbonyl (C=O) groups is 2. The molecule has 0 radical (unpaired) electrons. The highest BCUT2D eigenvalue weighted by molar-refractivity contribution is 8.01. The van der Waals surface area contributed by atoms with E-state index in [1.54, 1.807) is 24.3 Å². The summed E-state index contributed by atoms with van der Waals surface area (Å²) in [7, 11) is 0. The van der Waals surface area contributed by atoms with Crippen molar-refractivity contribution in [2.24, 2.45) is 5.73 Å². The molecular formula is C17H13N3O2S. The number of benzene rings is 1. The number of para-hydroxylation sites is 1. The Balaban J connectivity index is 1.85. The van der Waals surface area contributed by atoms with Crippen LogP contribution in [0.1, 0.15) is 11.3 Å². The Labute approximate surface area is 137 Å². The van der Waals surface area contributed by atoms with Crippen molar-refractivity contribution in [3.05, 3.63) is 59.3 Å². The van der Waals surface area contributed by atoms with Crippen LogP contribution in [-0.4, -0.2) is 22.0 Å². The van der Waals surface area contributed by atoms with Gasteiger partial charge in [-0.05, 0) is 31.2 Å². The highest BCUT2D eigenvalue weighted by Crippen LogP contribution is 2.44. The molecule has 23 heavy (non-hydrogen) atoms. The second-order valence-corrected chi connectivity index (χ2v) is 6.54. The van der Waals surface area contributed by atoms with Gasteiger partial charge >= 0.3 is 0 Å². The van der Waals surface area contributed by atoms with Gasteiger partial charge in [-0.2, -0.15) is 0 Å². The summed E-state index contributed by atoms with van der Waals surface area (Å²) in [6.45, 7) is 1.88. The van der Waals surface area contributed by atoms with E-state index in [0.717, 1.165) is 11.3 Å². The molecule has 2 N–H and O–H groups in total. The maximum absolute atomic E-state index is 12.8. The number of aryl methyl sites for hydroxylation is 1. The van der Waals surface area contributed by atoms with E-state index in [9.17, 15) is 9.59 Å². The number of nitrogens with two attached hydrogens (primary N) is 1. The van der Waals surface area contributed by atoms with Crippen LogP contribution in [0, 0.1) is 6.92 Å². The van der Waals surface area contributed by atoms with Crippen molar-refractivity contribution < 1.29 is 9.59 Å². The number of nitrogens with zero attached hydrogens (tertiary/aromatic N) is 2. The molecule has 2 aliphatic heterocycles. The molecule has 2 aliphatic rings. The van der Waals surface area contributed by atoms with E-state index < -0.39 is 5.25 Å². The summed E-state index contributed by atoms with van der Waals surface area (Å²) in [6.07, 6.45) is 0. The van der Waals surface area contributed by atoms with Crippen molar-refractivity contribution in [1.82, 2.24) is 4.98 Å². The summed E-state index contributed by atoms with van der Waals surface area (Å²) >= 11 is 1.29. The fourth-order valence-corrected chi connectivity index (χ4v) is 4.12. The van der Waals surface area contributed by atoms with Gasteiger partial charge in [-0.25, -0.2) is 9.88 Å². The molecular weight excluding hydrogens is 310 g/mol. The van der Waals surface area contributed by atoms with Crippen molar-refractivity contribution in [2.75, 3.05) is 4.90 Å². The molecule has 0 spiro atoms. The van der Waals surface area contributed by atoms with E-state index >= 15 is 0 Å². The molecule has 1 fully saturated rings. The summed E-state index contributed by atoms with van der Waals surface area (Å²) in [6, 6.07) is 12.6. The number of aromatic nitrogens is 1. The fraction of sp³-hybridized carbons (Fsp3) is 0.118. The number of hydrogen-bond acceptors (Lipinski definition) is 5. The summed E-state index contributed by atoms with van der Waals surface area (Å²) < 4.78 is 0. The number of amides is 2. The quantitative estimate of drug-likeness (QED) is 0.813. The molecule has 2 amide bonds. The monoisotopic (exact) mass is 323 g/mol. The molecule has 1 aromatic carbocycles. The number of pyridine rings is 1. The van der Waals surface area contributed by atoms with Gasteiger partial charge in [0.1, 0.15) is 10.3 Å². The fourth-order valence-electron chi connectivity index (χ4n) is 2.85. The standard InChI is InChI=1S/C17H13N3O2S/c1-9-7-8-11-13(18)12-14(23-15(11)19-9)17(22)20(16(12)21)10-5-3-2-4-6-10/h2-8,14H,18H2,1H3/t14-/m1/s1. The molecule has 114 valence electrons. The lowest BCUT2D eigenvalue weighted by Gasteiger charge is -2.19. The van der Waals surface area contributed by atoms with Crippen LogP contribution in [0.2, 0.25) is 0 Å². The lowest BCUT2D eigenvalue weighted by Crippen LogP contribution is -2.31. The van der Waals surface area contributed by atoms with Gasteiger partial charge in [-0.3, -0.25) is 9.59 Å². The molecule has 3 heterocycles. The van der Waals surface area contributed by atoms with Crippen molar-refractivity contribution in [2.45, 2.75) is 17.2 Å². The zero-order valence-corrected chi connectivity index (χ0v) is 13.1. The number of thioether (sulfide) groups is 1. The van der Waals surface area contributed by atoms with Crippen LogP contribution in [0.5, 0.6) is 0 Å². The van der Waals surface area contributed by atoms with Crippen molar-refractivity contribution in [3.63, 3.8) is 0 Å². The number of fused-ring (bicyclic) bond motifs is 2.